The smallest absolute Gasteiger partial charge is 0.253 e. The Balaban J connectivity index is 1.31. The van der Waals surface area contributed by atoms with Crippen molar-refractivity contribution < 1.29 is 27.5 Å². The molecule has 0 spiro atoms. The van der Waals surface area contributed by atoms with Gasteiger partial charge in [0.2, 0.25) is 10.0 Å². The van der Waals surface area contributed by atoms with Gasteiger partial charge in [-0.05, 0) is 31.0 Å². The summed E-state index contributed by atoms with van der Waals surface area (Å²) < 4.78 is 32.6. The Labute approximate surface area is 192 Å². The molecule has 0 atom stereocenters. The summed E-state index contributed by atoms with van der Waals surface area (Å²) in [5, 5.41) is -0.515. The van der Waals surface area contributed by atoms with Crippen LogP contribution in [0.2, 0.25) is 0 Å². The topological polar surface area (TPSA) is 101 Å². The van der Waals surface area contributed by atoms with E-state index >= 15 is 0 Å². The fourth-order valence-electron chi connectivity index (χ4n) is 4.78. The van der Waals surface area contributed by atoms with Gasteiger partial charge in [0.25, 0.3) is 5.91 Å². The van der Waals surface area contributed by atoms with Crippen molar-refractivity contribution in [3.05, 3.63) is 70.3 Å². The van der Waals surface area contributed by atoms with Gasteiger partial charge in [-0.3, -0.25) is 14.4 Å². The van der Waals surface area contributed by atoms with E-state index < -0.39 is 15.3 Å². The highest BCUT2D eigenvalue weighted by molar-refractivity contribution is 7.89. The molecule has 0 unspecified atom stereocenters. The van der Waals surface area contributed by atoms with Crippen LogP contribution in [0.25, 0.3) is 0 Å². The van der Waals surface area contributed by atoms with Gasteiger partial charge in [-0.2, -0.15) is 4.31 Å². The maximum absolute atomic E-state index is 13.1. The Morgan fingerprint density at radius 3 is 2.03 bits per heavy atom. The molecule has 2 aliphatic heterocycles. The molecule has 3 aliphatic rings. The molecule has 5 rings (SSSR count). The van der Waals surface area contributed by atoms with Gasteiger partial charge in [-0.1, -0.05) is 24.3 Å². The number of ether oxygens (including phenoxy) is 1. The van der Waals surface area contributed by atoms with Crippen molar-refractivity contribution in [2.45, 2.75) is 18.1 Å². The maximum Gasteiger partial charge on any atom is 0.253 e. The summed E-state index contributed by atoms with van der Waals surface area (Å²) in [6.45, 7) is 2.18. The summed E-state index contributed by atoms with van der Waals surface area (Å²) >= 11 is 0. The maximum atomic E-state index is 13.1. The first-order valence-corrected chi connectivity index (χ1v) is 12.6. The number of piperidine rings is 1. The van der Waals surface area contributed by atoms with Crippen molar-refractivity contribution in [3.8, 4) is 0 Å². The number of morpholine rings is 1. The Bertz CT molecular complexity index is 1240. The highest BCUT2D eigenvalue weighted by Gasteiger charge is 2.37. The van der Waals surface area contributed by atoms with Crippen LogP contribution >= 0.6 is 0 Å². The monoisotopic (exact) mass is 468 g/mol. The molecule has 2 fully saturated rings. The Morgan fingerprint density at radius 2 is 1.39 bits per heavy atom. The van der Waals surface area contributed by atoms with Gasteiger partial charge in [-0.25, -0.2) is 8.42 Å². The predicted molar refractivity (Wildman–Crippen MR) is 120 cm³/mol. The number of hydrogen-bond acceptors (Lipinski definition) is 6. The molecule has 33 heavy (non-hydrogen) atoms. The van der Waals surface area contributed by atoms with Gasteiger partial charge in [0.1, 0.15) is 0 Å². The van der Waals surface area contributed by atoms with Gasteiger partial charge in [0.05, 0.1) is 18.5 Å². The summed E-state index contributed by atoms with van der Waals surface area (Å²) in [7, 11) is -3.42. The quantitative estimate of drug-likeness (QED) is 0.580. The lowest BCUT2D eigenvalue weighted by Gasteiger charge is -2.35. The molecular formula is C24H24N2O6S. The first-order valence-electron chi connectivity index (χ1n) is 11.1. The van der Waals surface area contributed by atoms with Crippen LogP contribution < -0.4 is 0 Å². The molecule has 1 aliphatic carbocycles. The fraction of sp³-hybridized carbons (Fsp3) is 0.375. The number of benzene rings is 2. The molecule has 0 saturated carbocycles. The SMILES string of the molecule is O=C1c2ccccc2C(=O)c2cc(C(=O)N3CCC(S(=O)(=O)N4CCOCC4)CC3)ccc21. The fourth-order valence-corrected chi connectivity index (χ4v) is 6.67. The van der Waals surface area contributed by atoms with E-state index in [1.165, 1.54) is 16.4 Å². The average Bonchev–Trinajstić information content (AvgIpc) is 2.87. The number of nitrogens with zero attached hydrogens (tertiary/aromatic N) is 2. The summed E-state index contributed by atoms with van der Waals surface area (Å²) in [6.07, 6.45) is 0.725. The van der Waals surface area contributed by atoms with E-state index in [4.69, 9.17) is 4.74 Å². The number of carbonyl (C=O) groups excluding carboxylic acids is 3. The minimum atomic E-state index is -3.42. The molecule has 172 valence electrons. The highest BCUT2D eigenvalue weighted by atomic mass is 32.2. The van der Waals surface area contributed by atoms with Crippen LogP contribution in [-0.2, 0) is 14.8 Å². The number of rotatable bonds is 3. The third-order valence-corrected chi connectivity index (χ3v) is 9.05. The number of sulfonamides is 1. The average molecular weight is 469 g/mol. The lowest BCUT2D eigenvalue weighted by Crippen LogP contribution is -2.49. The van der Waals surface area contributed by atoms with E-state index in [0.717, 1.165) is 0 Å². The molecule has 2 aromatic rings. The number of amides is 1. The normalized spacial score (nSPS) is 19.8. The van der Waals surface area contributed by atoms with E-state index in [-0.39, 0.29) is 23.0 Å². The highest BCUT2D eigenvalue weighted by Crippen LogP contribution is 2.29. The number of fused-ring (bicyclic) bond motifs is 2. The number of ketones is 2. The zero-order valence-corrected chi connectivity index (χ0v) is 18.8. The molecule has 0 radical (unpaired) electrons. The third kappa shape index (κ3) is 3.80. The molecule has 8 nitrogen and oxygen atoms in total. The number of hydrogen-bond donors (Lipinski definition) is 0. The van der Waals surface area contributed by atoms with Crippen LogP contribution in [0.15, 0.2) is 42.5 Å². The predicted octanol–water partition coefficient (Wildman–Crippen LogP) is 1.73. The van der Waals surface area contributed by atoms with Crippen LogP contribution in [0.1, 0.15) is 55.0 Å². The molecular weight excluding hydrogens is 444 g/mol. The van der Waals surface area contributed by atoms with Crippen molar-refractivity contribution in [1.82, 2.24) is 9.21 Å². The molecule has 2 saturated heterocycles. The second kappa shape index (κ2) is 8.48. The van der Waals surface area contributed by atoms with E-state index in [1.807, 2.05) is 0 Å². The zero-order chi connectivity index (χ0) is 23.2. The summed E-state index contributed by atoms with van der Waals surface area (Å²) in [4.78, 5) is 40.5. The molecule has 2 heterocycles. The Kier molecular flexibility index (Phi) is 5.64. The van der Waals surface area contributed by atoms with Crippen molar-refractivity contribution >= 4 is 27.5 Å². The zero-order valence-electron chi connectivity index (χ0n) is 18.0. The van der Waals surface area contributed by atoms with Gasteiger partial charge >= 0.3 is 0 Å². The lowest BCUT2D eigenvalue weighted by atomic mass is 9.83. The van der Waals surface area contributed by atoms with Crippen molar-refractivity contribution in [3.63, 3.8) is 0 Å². The van der Waals surface area contributed by atoms with Crippen molar-refractivity contribution in [2.75, 3.05) is 39.4 Å². The first-order chi connectivity index (χ1) is 15.9. The van der Waals surface area contributed by atoms with Crippen LogP contribution in [0.3, 0.4) is 0 Å². The molecule has 1 amide bonds. The van der Waals surface area contributed by atoms with Crippen LogP contribution in [0.4, 0.5) is 0 Å². The first kappa shape index (κ1) is 21.9. The summed E-state index contributed by atoms with van der Waals surface area (Å²) in [5.74, 6) is -0.766. The molecule has 0 N–H and O–H groups in total. The van der Waals surface area contributed by atoms with Gasteiger partial charge in [-0.15, -0.1) is 0 Å². The van der Waals surface area contributed by atoms with Gasteiger partial charge in [0.15, 0.2) is 11.6 Å². The summed E-state index contributed by atoms with van der Waals surface area (Å²) in [5.41, 5.74) is 1.56. The molecule has 9 heteroatoms. The minimum absolute atomic E-state index is 0.228. The number of carbonyl (C=O) groups is 3. The van der Waals surface area contributed by atoms with Crippen molar-refractivity contribution in [1.29, 1.82) is 0 Å². The van der Waals surface area contributed by atoms with Crippen LogP contribution in [-0.4, -0.2) is 79.7 Å². The minimum Gasteiger partial charge on any atom is -0.379 e. The van der Waals surface area contributed by atoms with E-state index in [2.05, 4.69) is 0 Å². The molecule has 0 aromatic heterocycles. The third-order valence-electron chi connectivity index (χ3n) is 6.65. The lowest BCUT2D eigenvalue weighted by molar-refractivity contribution is 0.0693. The number of likely N-dealkylation sites (tertiary alicyclic amines) is 1. The second-order valence-electron chi connectivity index (χ2n) is 8.51. The van der Waals surface area contributed by atoms with E-state index in [1.54, 1.807) is 35.2 Å². The Morgan fingerprint density at radius 1 is 0.818 bits per heavy atom. The summed E-state index contributed by atoms with van der Waals surface area (Å²) in [6, 6.07) is 11.3. The molecule has 2 aromatic carbocycles. The largest absolute Gasteiger partial charge is 0.379 e. The van der Waals surface area contributed by atoms with Crippen molar-refractivity contribution in [2.24, 2.45) is 0 Å². The molecule has 0 bridgehead atoms. The van der Waals surface area contributed by atoms with E-state index in [9.17, 15) is 22.8 Å². The Hall–Kier alpha value is -2.88. The van der Waals surface area contributed by atoms with Gasteiger partial charge < -0.3 is 9.64 Å². The van der Waals surface area contributed by atoms with Crippen LogP contribution in [0, 0.1) is 0 Å². The van der Waals surface area contributed by atoms with E-state index in [0.29, 0.717) is 74.5 Å². The van der Waals surface area contributed by atoms with Crippen LogP contribution in [0.5, 0.6) is 0 Å². The van der Waals surface area contributed by atoms with Gasteiger partial charge in [0, 0.05) is 54.0 Å². The standard InChI is InChI=1S/C24H24N2O6S/c27-22-18-3-1-2-4-19(18)23(28)21-15-16(5-6-20(21)22)24(29)25-9-7-17(8-10-25)33(30,31)26-11-13-32-14-12-26/h1-6,15,17H,7-14H2. The second-order valence-corrected chi connectivity index (χ2v) is 10.7.